The summed E-state index contributed by atoms with van der Waals surface area (Å²) in [5.74, 6) is 2.75. The molecule has 0 aliphatic heterocycles. The third-order valence-electron chi connectivity index (χ3n) is 3.09. The van der Waals surface area contributed by atoms with Crippen LogP contribution in [0, 0.1) is 11.5 Å². The number of methoxy groups -OCH3 is 1. The molecule has 0 fully saturated rings. The van der Waals surface area contributed by atoms with Gasteiger partial charge in [-0.1, -0.05) is 25.6 Å². The molecule has 1 aromatic heterocycles. The Hall–Kier alpha value is -2.32. The van der Waals surface area contributed by atoms with Gasteiger partial charge in [-0.15, -0.1) is 5.54 Å². The number of aromatic nitrogens is 1. The minimum Gasteiger partial charge on any atom is -0.468 e. The van der Waals surface area contributed by atoms with Crippen LogP contribution in [0.25, 0.3) is 10.9 Å². The number of hydrogen-bond donors (Lipinski definition) is 0. The van der Waals surface area contributed by atoms with Crippen LogP contribution >= 0.6 is 0 Å². The Morgan fingerprint density at radius 1 is 1.23 bits per heavy atom. The summed E-state index contributed by atoms with van der Waals surface area (Å²) in [5, 5.41) is 0.880. The molecule has 1 aromatic carbocycles. The lowest BCUT2D eigenvalue weighted by atomic mass is 10.1. The molecular formula is C17H19NO3Si. The van der Waals surface area contributed by atoms with Gasteiger partial charge in [0, 0.05) is 11.6 Å². The van der Waals surface area contributed by atoms with Gasteiger partial charge in [0.2, 0.25) is 0 Å². The zero-order valence-corrected chi connectivity index (χ0v) is 14.3. The number of carbonyl (C=O) groups is 1. The van der Waals surface area contributed by atoms with Crippen molar-refractivity contribution >= 4 is 24.9 Å². The molecule has 0 radical (unpaired) electrons. The van der Waals surface area contributed by atoms with Crippen LogP contribution in [-0.2, 0) is 16.1 Å². The first-order chi connectivity index (χ1) is 10.3. The van der Waals surface area contributed by atoms with Gasteiger partial charge < -0.3 is 4.74 Å². The molecule has 0 N–H and O–H groups in total. The van der Waals surface area contributed by atoms with Crippen molar-refractivity contribution in [2.45, 2.75) is 26.2 Å². The van der Waals surface area contributed by atoms with Gasteiger partial charge in [0.1, 0.15) is 14.6 Å². The number of ether oxygens (including phenoxy) is 1. The van der Waals surface area contributed by atoms with Crippen LogP contribution in [0.1, 0.15) is 5.56 Å². The molecule has 0 aliphatic rings. The van der Waals surface area contributed by atoms with E-state index in [4.69, 9.17) is 0 Å². The largest absolute Gasteiger partial charge is 0.468 e. The summed E-state index contributed by atoms with van der Waals surface area (Å²) < 4.78 is 6.05. The fourth-order valence-electron chi connectivity index (χ4n) is 2.00. The smallest absolute Gasteiger partial charge is 0.325 e. The highest BCUT2D eigenvalue weighted by Gasteiger charge is 2.09. The Morgan fingerprint density at radius 3 is 2.59 bits per heavy atom. The highest BCUT2D eigenvalue weighted by Crippen LogP contribution is 2.14. The van der Waals surface area contributed by atoms with Crippen molar-refractivity contribution in [2.24, 2.45) is 0 Å². The monoisotopic (exact) mass is 313 g/mol. The van der Waals surface area contributed by atoms with Gasteiger partial charge in [-0.25, -0.2) is 0 Å². The summed E-state index contributed by atoms with van der Waals surface area (Å²) in [4.78, 5) is 23.4. The molecule has 114 valence electrons. The maximum atomic E-state index is 12.0. The molecule has 0 spiro atoms. The number of pyridine rings is 1. The molecule has 0 amide bonds. The molecule has 4 nitrogen and oxygen atoms in total. The molecule has 1 heterocycles. The molecule has 0 saturated heterocycles. The van der Waals surface area contributed by atoms with Gasteiger partial charge in [-0.05, 0) is 29.7 Å². The normalized spacial score (nSPS) is 10.9. The quantitative estimate of drug-likeness (QED) is 0.486. The van der Waals surface area contributed by atoms with Crippen LogP contribution in [-0.4, -0.2) is 25.7 Å². The van der Waals surface area contributed by atoms with Crippen molar-refractivity contribution < 1.29 is 9.53 Å². The predicted molar refractivity (Wildman–Crippen MR) is 90.4 cm³/mol. The van der Waals surface area contributed by atoms with Crippen LogP contribution in [0.5, 0.6) is 0 Å². The lowest BCUT2D eigenvalue weighted by Gasteiger charge is -2.09. The first-order valence-electron chi connectivity index (χ1n) is 7.04. The number of benzene rings is 1. The average Bonchev–Trinajstić information content (AvgIpc) is 2.47. The van der Waals surface area contributed by atoms with Gasteiger partial charge in [0.05, 0.1) is 12.6 Å². The van der Waals surface area contributed by atoms with Crippen molar-refractivity contribution in [3.63, 3.8) is 0 Å². The molecule has 0 aliphatic carbocycles. The van der Waals surface area contributed by atoms with Gasteiger partial charge in [-0.3, -0.25) is 14.2 Å². The predicted octanol–water partition coefficient (Wildman–Crippen LogP) is 2.40. The highest BCUT2D eigenvalue weighted by molar-refractivity contribution is 6.83. The minimum absolute atomic E-state index is 0.0907. The number of nitrogens with zero attached hydrogens (tertiary/aromatic N) is 1. The van der Waals surface area contributed by atoms with Crippen LogP contribution < -0.4 is 5.56 Å². The van der Waals surface area contributed by atoms with Crippen LogP contribution in [0.3, 0.4) is 0 Å². The molecule has 2 aromatic rings. The van der Waals surface area contributed by atoms with Crippen LogP contribution in [0.15, 0.2) is 35.1 Å². The second kappa shape index (κ2) is 6.20. The Kier molecular flexibility index (Phi) is 4.53. The van der Waals surface area contributed by atoms with E-state index in [2.05, 4.69) is 35.8 Å². The molecule has 0 unspecified atom stereocenters. The Morgan fingerprint density at radius 2 is 1.95 bits per heavy atom. The Labute approximate surface area is 130 Å². The number of carbonyl (C=O) groups excluding carboxylic acids is 1. The lowest BCUT2D eigenvalue weighted by molar-refractivity contribution is -0.141. The lowest BCUT2D eigenvalue weighted by Crippen LogP contribution is -2.24. The molecule has 2 rings (SSSR count). The van der Waals surface area contributed by atoms with E-state index in [1.165, 1.54) is 17.7 Å². The van der Waals surface area contributed by atoms with Gasteiger partial charge >= 0.3 is 5.97 Å². The second-order valence-electron chi connectivity index (χ2n) is 6.11. The van der Waals surface area contributed by atoms with Crippen molar-refractivity contribution in [3.05, 3.63) is 46.2 Å². The maximum absolute atomic E-state index is 12.0. The summed E-state index contributed by atoms with van der Waals surface area (Å²) in [6, 6.07) is 8.86. The molecule has 5 heteroatoms. The molecule has 0 atom stereocenters. The van der Waals surface area contributed by atoms with Crippen molar-refractivity contribution in [1.82, 2.24) is 4.57 Å². The summed E-state index contributed by atoms with van der Waals surface area (Å²) in [7, 11) is -0.123. The number of hydrogen-bond acceptors (Lipinski definition) is 3. The summed E-state index contributed by atoms with van der Waals surface area (Å²) in [6.45, 7) is 6.48. The standard InChI is InChI=1S/C17H19NO3Si/c1-21-17(20)12-18-15-7-5-13(9-10-22(2,3)4)11-14(15)6-8-16(18)19/h5-8,11H,12H2,1-4H3. The maximum Gasteiger partial charge on any atom is 0.325 e. The van der Waals surface area contributed by atoms with E-state index >= 15 is 0 Å². The SMILES string of the molecule is COC(=O)Cn1c(=O)ccc2cc(C#C[Si](C)(C)C)ccc21. The molecule has 0 bridgehead atoms. The van der Waals surface area contributed by atoms with E-state index in [0.717, 1.165) is 10.9 Å². The second-order valence-corrected chi connectivity index (χ2v) is 10.9. The zero-order chi connectivity index (χ0) is 16.3. The zero-order valence-electron chi connectivity index (χ0n) is 13.3. The van der Waals surface area contributed by atoms with Crippen LogP contribution in [0.2, 0.25) is 19.6 Å². The van der Waals surface area contributed by atoms with E-state index in [1.54, 1.807) is 6.07 Å². The first-order valence-corrected chi connectivity index (χ1v) is 10.5. The molecular weight excluding hydrogens is 294 g/mol. The topological polar surface area (TPSA) is 48.3 Å². The third kappa shape index (κ3) is 3.86. The van der Waals surface area contributed by atoms with Gasteiger partial charge in [-0.2, -0.15) is 0 Å². The Balaban J connectivity index is 2.51. The number of fused-ring (bicyclic) bond motifs is 1. The Bertz CT molecular complexity index is 835. The van der Waals surface area contributed by atoms with E-state index in [-0.39, 0.29) is 12.1 Å². The number of esters is 1. The van der Waals surface area contributed by atoms with Gasteiger partial charge in [0.15, 0.2) is 0 Å². The van der Waals surface area contributed by atoms with E-state index in [0.29, 0.717) is 5.52 Å². The van der Waals surface area contributed by atoms with Crippen molar-refractivity contribution in [1.29, 1.82) is 0 Å². The molecule has 22 heavy (non-hydrogen) atoms. The van der Waals surface area contributed by atoms with E-state index in [1.807, 2.05) is 18.2 Å². The van der Waals surface area contributed by atoms with Gasteiger partial charge in [0.25, 0.3) is 5.56 Å². The number of rotatable bonds is 2. The van der Waals surface area contributed by atoms with Crippen LogP contribution in [0.4, 0.5) is 0 Å². The minimum atomic E-state index is -1.43. The third-order valence-corrected chi connectivity index (χ3v) is 3.96. The fraction of sp³-hybridized carbons (Fsp3) is 0.294. The average molecular weight is 313 g/mol. The first kappa shape index (κ1) is 16.1. The van der Waals surface area contributed by atoms with Crippen molar-refractivity contribution in [2.75, 3.05) is 7.11 Å². The fourth-order valence-corrected chi connectivity index (χ4v) is 2.52. The van der Waals surface area contributed by atoms with E-state index < -0.39 is 14.0 Å². The summed E-state index contributed by atoms with van der Waals surface area (Å²) in [5.41, 5.74) is 4.71. The van der Waals surface area contributed by atoms with Crippen molar-refractivity contribution in [3.8, 4) is 11.5 Å². The highest BCUT2D eigenvalue weighted by atomic mass is 28.3. The molecule has 0 saturated carbocycles. The summed E-state index contributed by atoms with van der Waals surface area (Å²) >= 11 is 0. The summed E-state index contributed by atoms with van der Waals surface area (Å²) in [6.07, 6.45) is 0. The van der Waals surface area contributed by atoms with E-state index in [9.17, 15) is 9.59 Å².